The summed E-state index contributed by atoms with van der Waals surface area (Å²) < 4.78 is 0. The van der Waals surface area contributed by atoms with Crippen LogP contribution in [-0.2, 0) is 0 Å². The Morgan fingerprint density at radius 2 is 0.194 bits per heavy atom. The fourth-order valence-corrected chi connectivity index (χ4v) is 0. The molecule has 12 N–H and O–H groups in total. The fourth-order valence-electron chi connectivity index (χ4n) is 0. The van der Waals surface area contributed by atoms with Crippen LogP contribution in [0.2, 0.25) is 0 Å². The normalized spacial score (nSPS) is 7.35. The topological polar surface area (TPSA) is 243 Å². The van der Waals surface area contributed by atoms with Gasteiger partial charge in [0.15, 0.2) is 0 Å². The SMILES string of the molecule is CC.CC.CC.CC.CC.CC.CC.CC.O[Si](O)(O)O.O[Si](O)(O)O.O[Si](O)(O)O. The van der Waals surface area contributed by atoms with Crippen molar-refractivity contribution in [2.75, 3.05) is 0 Å². The first-order chi connectivity index (χ1) is 14.0. The van der Waals surface area contributed by atoms with Crippen LogP contribution < -0.4 is 0 Å². The molecule has 12 nitrogen and oxygen atoms in total. The molecule has 0 aromatic heterocycles. The number of hydrogen-bond acceptors (Lipinski definition) is 12. The van der Waals surface area contributed by atoms with Crippen LogP contribution >= 0.6 is 0 Å². The van der Waals surface area contributed by atoms with Gasteiger partial charge in [0.05, 0.1) is 0 Å². The van der Waals surface area contributed by atoms with Gasteiger partial charge in [-0.2, -0.15) is 0 Å². The van der Waals surface area contributed by atoms with Crippen molar-refractivity contribution in [3.63, 3.8) is 0 Å². The van der Waals surface area contributed by atoms with E-state index in [4.69, 9.17) is 57.5 Å². The largest absolute Gasteiger partial charge is 0.668 e. The highest BCUT2D eigenvalue weighted by atomic mass is 28.4. The summed E-state index contributed by atoms with van der Waals surface area (Å²) in [5.74, 6) is 0. The van der Waals surface area contributed by atoms with Crippen LogP contribution in [0.4, 0.5) is 0 Å². The molecule has 208 valence electrons. The van der Waals surface area contributed by atoms with E-state index in [0.717, 1.165) is 0 Å². The van der Waals surface area contributed by atoms with Gasteiger partial charge in [0.2, 0.25) is 0 Å². The zero-order chi connectivity index (χ0) is 29.5. The van der Waals surface area contributed by atoms with Crippen LogP contribution in [0.5, 0.6) is 0 Å². The molecule has 0 saturated carbocycles. The van der Waals surface area contributed by atoms with Crippen molar-refractivity contribution in [1.29, 1.82) is 0 Å². The zero-order valence-electron chi connectivity index (χ0n) is 22.9. The van der Waals surface area contributed by atoms with Gasteiger partial charge < -0.3 is 57.5 Å². The molecule has 0 amide bonds. The first-order valence-electron chi connectivity index (χ1n) is 10.7. The first kappa shape index (κ1) is 69.7. The highest BCUT2D eigenvalue weighted by molar-refractivity contribution is 6.47. The Hall–Kier alpha value is 0.171. The van der Waals surface area contributed by atoms with E-state index in [1.165, 1.54) is 0 Å². The predicted molar refractivity (Wildman–Crippen MR) is 135 cm³/mol. The molecule has 0 unspecified atom stereocenters. The molecule has 0 atom stereocenters. The van der Waals surface area contributed by atoms with Gasteiger partial charge >= 0.3 is 27.1 Å². The Morgan fingerprint density at radius 3 is 0.194 bits per heavy atom. The summed E-state index contributed by atoms with van der Waals surface area (Å²) in [6.45, 7) is 32.0. The molecule has 0 heterocycles. The van der Waals surface area contributed by atoms with Gasteiger partial charge in [0.1, 0.15) is 0 Å². The van der Waals surface area contributed by atoms with Crippen molar-refractivity contribution >= 4 is 27.1 Å². The number of hydrogen-bond donors (Lipinski definition) is 12. The highest BCUT2D eigenvalue weighted by Gasteiger charge is 2.23. The second kappa shape index (κ2) is 77.8. The maximum absolute atomic E-state index is 7.33. The summed E-state index contributed by atoms with van der Waals surface area (Å²) >= 11 is 0. The Kier molecular flexibility index (Phi) is 175. The maximum Gasteiger partial charge on any atom is 0.668 e. The van der Waals surface area contributed by atoms with Crippen LogP contribution in [0, 0.1) is 0 Å². The molecule has 0 aliphatic carbocycles. The highest BCUT2D eigenvalue weighted by Crippen LogP contribution is 1.68. The molecule has 0 spiro atoms. The molecule has 0 rings (SSSR count). The molecule has 0 aromatic rings. The maximum atomic E-state index is 7.33. The monoisotopic (exact) mass is 528 g/mol. The third-order valence-electron chi connectivity index (χ3n) is 0. The van der Waals surface area contributed by atoms with Crippen LogP contribution in [-0.4, -0.2) is 84.7 Å². The Labute approximate surface area is 195 Å². The minimum absolute atomic E-state index is 2.00. The third-order valence-corrected chi connectivity index (χ3v) is 0. The molecule has 0 bridgehead atoms. The van der Waals surface area contributed by atoms with Gasteiger partial charge in [0, 0.05) is 0 Å². The molecule has 0 aromatic carbocycles. The molecule has 0 fully saturated rings. The van der Waals surface area contributed by atoms with Crippen molar-refractivity contribution in [2.45, 2.75) is 111 Å². The van der Waals surface area contributed by atoms with Gasteiger partial charge in [-0.1, -0.05) is 111 Å². The number of rotatable bonds is 0. The van der Waals surface area contributed by atoms with Gasteiger partial charge in [-0.05, 0) is 0 Å². The molecule has 0 radical (unpaired) electrons. The van der Waals surface area contributed by atoms with Crippen LogP contribution in [0.25, 0.3) is 0 Å². The summed E-state index contributed by atoms with van der Waals surface area (Å²) in [5, 5.41) is 0. The van der Waals surface area contributed by atoms with Crippen LogP contribution in [0.15, 0.2) is 0 Å². The van der Waals surface area contributed by atoms with Gasteiger partial charge in [0.25, 0.3) is 0 Å². The lowest BCUT2D eigenvalue weighted by Gasteiger charge is -1.91. The fraction of sp³-hybridized carbons (Fsp3) is 1.00. The van der Waals surface area contributed by atoms with Crippen molar-refractivity contribution in [3.05, 3.63) is 0 Å². The van der Waals surface area contributed by atoms with E-state index in [1.54, 1.807) is 0 Å². The van der Waals surface area contributed by atoms with Gasteiger partial charge in [-0.15, -0.1) is 0 Å². The smallest absolute Gasteiger partial charge is 0.368 e. The van der Waals surface area contributed by atoms with Crippen LogP contribution in [0.3, 0.4) is 0 Å². The minimum Gasteiger partial charge on any atom is -0.368 e. The lowest BCUT2D eigenvalue weighted by molar-refractivity contribution is 0.115. The molecule has 31 heavy (non-hydrogen) atoms. The molecule has 15 heteroatoms. The summed E-state index contributed by atoms with van der Waals surface area (Å²) in [6.07, 6.45) is 0. The zero-order valence-corrected chi connectivity index (χ0v) is 25.9. The van der Waals surface area contributed by atoms with Crippen molar-refractivity contribution in [3.8, 4) is 0 Å². The van der Waals surface area contributed by atoms with Crippen molar-refractivity contribution in [2.24, 2.45) is 0 Å². The summed E-state index contributed by atoms with van der Waals surface area (Å²) in [7, 11) is -13.8. The Bertz CT molecular complexity index is 117. The second-order valence-electron chi connectivity index (χ2n) is 1.80. The molecule has 0 aliphatic heterocycles. The minimum atomic E-state index is -4.61. The van der Waals surface area contributed by atoms with Crippen molar-refractivity contribution < 1.29 is 57.5 Å². The Morgan fingerprint density at radius 1 is 0.194 bits per heavy atom. The third kappa shape index (κ3) is 822000. The van der Waals surface area contributed by atoms with E-state index in [1.807, 2.05) is 111 Å². The molecule has 0 aliphatic rings. The average Bonchev–Trinajstić information content (AvgIpc) is 2.70. The van der Waals surface area contributed by atoms with E-state index < -0.39 is 27.1 Å². The lowest BCUT2D eigenvalue weighted by atomic mass is 11.0. The Balaban J connectivity index is -0.0000000164. The van der Waals surface area contributed by atoms with Crippen molar-refractivity contribution in [1.82, 2.24) is 0 Å². The van der Waals surface area contributed by atoms with E-state index >= 15 is 0 Å². The summed E-state index contributed by atoms with van der Waals surface area (Å²) in [5.41, 5.74) is 0. The van der Waals surface area contributed by atoms with E-state index in [2.05, 4.69) is 0 Å². The van der Waals surface area contributed by atoms with Crippen LogP contribution in [0.1, 0.15) is 111 Å². The van der Waals surface area contributed by atoms with E-state index in [9.17, 15) is 0 Å². The quantitative estimate of drug-likeness (QED) is 0.191. The standard InChI is InChI=1S/8C2H6.3H4O4Si/c8*1-2;3*1-5(2,3)4/h8*1-2H3;3*1-4H. The van der Waals surface area contributed by atoms with Gasteiger partial charge in [-0.25, -0.2) is 0 Å². The predicted octanol–water partition coefficient (Wildman–Crippen LogP) is 0.383. The summed E-state index contributed by atoms with van der Waals surface area (Å²) in [4.78, 5) is 87.9. The van der Waals surface area contributed by atoms with E-state index in [0.29, 0.717) is 0 Å². The average molecular weight is 529 g/mol. The van der Waals surface area contributed by atoms with Gasteiger partial charge in [-0.3, -0.25) is 0 Å². The van der Waals surface area contributed by atoms with E-state index in [-0.39, 0.29) is 0 Å². The summed E-state index contributed by atoms with van der Waals surface area (Å²) in [6, 6.07) is 0. The molecule has 0 saturated heterocycles. The molecular formula is C16H60O12Si3. The first-order valence-corrected chi connectivity index (χ1v) is 16.0. The second-order valence-corrected chi connectivity index (χ2v) is 5.40. The lowest BCUT2D eigenvalue weighted by Crippen LogP contribution is -2.33. The molecular weight excluding hydrogens is 468 g/mol.